The van der Waals surface area contributed by atoms with E-state index in [-0.39, 0.29) is 17.7 Å². The van der Waals surface area contributed by atoms with Gasteiger partial charge in [-0.1, -0.05) is 48.0 Å². The number of nitrogens with one attached hydrogen (secondary N) is 1. The molecule has 2 atom stereocenters. The van der Waals surface area contributed by atoms with Crippen LogP contribution in [0.15, 0.2) is 40.9 Å². The summed E-state index contributed by atoms with van der Waals surface area (Å²) in [4.78, 5) is 26.4. The summed E-state index contributed by atoms with van der Waals surface area (Å²) in [6, 6.07) is 12.0. The Morgan fingerprint density at radius 2 is 1.91 bits per heavy atom. The number of anilines is 1. The number of benzene rings is 2. The minimum absolute atomic E-state index is 0.00111. The first kappa shape index (κ1) is 25.0. The summed E-state index contributed by atoms with van der Waals surface area (Å²) in [6.45, 7) is 4.35. The second-order valence-corrected chi connectivity index (χ2v) is 10.9. The molecule has 34 heavy (non-hydrogen) atoms. The van der Waals surface area contributed by atoms with Crippen molar-refractivity contribution >= 4 is 33.3 Å². The van der Waals surface area contributed by atoms with Gasteiger partial charge in [-0.2, -0.15) is 0 Å². The number of ether oxygens (including phenoxy) is 1. The molecule has 1 saturated carbocycles. The fourth-order valence-electron chi connectivity index (χ4n) is 5.77. The van der Waals surface area contributed by atoms with Gasteiger partial charge in [-0.05, 0) is 86.5 Å². The number of methoxy groups -OCH3 is 1. The highest BCUT2D eigenvalue weighted by molar-refractivity contribution is 9.10. The Bertz CT molecular complexity index is 1040. The lowest BCUT2D eigenvalue weighted by Gasteiger charge is -2.32. The third-order valence-corrected chi connectivity index (χ3v) is 8.76. The lowest BCUT2D eigenvalue weighted by molar-refractivity contribution is -0.121. The van der Waals surface area contributed by atoms with Gasteiger partial charge >= 0.3 is 0 Å². The summed E-state index contributed by atoms with van der Waals surface area (Å²) < 4.78 is 6.63. The van der Waals surface area contributed by atoms with Gasteiger partial charge in [0.1, 0.15) is 5.75 Å². The Hall–Kier alpha value is -2.14. The van der Waals surface area contributed by atoms with Crippen LogP contribution in [0.25, 0.3) is 0 Å². The first-order valence-electron chi connectivity index (χ1n) is 12.7. The van der Waals surface area contributed by atoms with Crippen molar-refractivity contribution < 1.29 is 14.3 Å². The van der Waals surface area contributed by atoms with Crippen molar-refractivity contribution in [2.45, 2.75) is 71.1 Å². The Labute approximate surface area is 212 Å². The molecule has 0 bridgehead atoms. The molecule has 4 rings (SSSR count). The monoisotopic (exact) mass is 525 g/mol. The molecule has 0 heterocycles. The highest BCUT2D eigenvalue weighted by Gasteiger charge is 2.36. The summed E-state index contributed by atoms with van der Waals surface area (Å²) in [7, 11) is 1.68. The minimum atomic E-state index is -0.00111. The van der Waals surface area contributed by atoms with E-state index in [1.165, 1.54) is 5.56 Å². The summed E-state index contributed by atoms with van der Waals surface area (Å²) in [5.74, 6) is 2.07. The molecule has 0 spiro atoms. The zero-order valence-electron chi connectivity index (χ0n) is 20.5. The first-order chi connectivity index (χ1) is 16.4. The van der Waals surface area contributed by atoms with Crippen LogP contribution in [-0.4, -0.2) is 18.8 Å². The van der Waals surface area contributed by atoms with Crippen molar-refractivity contribution in [1.82, 2.24) is 0 Å². The Kier molecular flexibility index (Phi) is 8.13. The number of Topliss-reactive ketones (excluding diaryl/α,β-unsaturated/α-hetero) is 1. The largest absolute Gasteiger partial charge is 0.496 e. The van der Waals surface area contributed by atoms with Crippen LogP contribution in [0, 0.1) is 17.8 Å². The van der Waals surface area contributed by atoms with E-state index >= 15 is 0 Å². The Balaban J connectivity index is 1.37. The molecule has 2 aromatic rings. The van der Waals surface area contributed by atoms with Crippen molar-refractivity contribution in [2.24, 2.45) is 17.8 Å². The molecular formula is C29H36BrNO3. The second-order valence-electron chi connectivity index (χ2n) is 10.00. The second kappa shape index (κ2) is 11.1. The molecule has 0 aliphatic heterocycles. The van der Waals surface area contributed by atoms with Gasteiger partial charge < -0.3 is 10.1 Å². The highest BCUT2D eigenvalue weighted by atomic mass is 79.9. The molecule has 2 aliphatic rings. The molecule has 2 aromatic carbocycles. The van der Waals surface area contributed by atoms with E-state index in [1.54, 1.807) is 7.11 Å². The SMILES string of the molecule is CCC(C)c1ccc(NC(=O)C2CCC(C3CCCc4c(Br)cccc4C3=O)CC2)cc1OC. The maximum Gasteiger partial charge on any atom is 0.227 e. The van der Waals surface area contributed by atoms with E-state index in [4.69, 9.17) is 4.74 Å². The quantitative estimate of drug-likeness (QED) is 0.396. The molecule has 0 saturated heterocycles. The van der Waals surface area contributed by atoms with Crippen LogP contribution in [-0.2, 0) is 11.2 Å². The number of amides is 1. The maximum absolute atomic E-state index is 13.4. The number of carbonyl (C=O) groups is 2. The summed E-state index contributed by atoms with van der Waals surface area (Å²) in [5, 5.41) is 3.11. The molecule has 0 radical (unpaired) electrons. The molecule has 1 amide bonds. The van der Waals surface area contributed by atoms with Crippen molar-refractivity contribution in [3.05, 3.63) is 57.6 Å². The Morgan fingerprint density at radius 3 is 2.62 bits per heavy atom. The van der Waals surface area contributed by atoms with Crippen LogP contribution in [0.2, 0.25) is 0 Å². The molecular weight excluding hydrogens is 490 g/mol. The fraction of sp³-hybridized carbons (Fsp3) is 0.517. The molecule has 1 fully saturated rings. The number of carbonyl (C=O) groups excluding carboxylic acids is 2. The van der Waals surface area contributed by atoms with E-state index in [1.807, 2.05) is 30.3 Å². The maximum atomic E-state index is 13.4. The number of fused-ring (bicyclic) bond motifs is 1. The van der Waals surface area contributed by atoms with Crippen molar-refractivity contribution in [3.8, 4) is 5.75 Å². The minimum Gasteiger partial charge on any atom is -0.496 e. The van der Waals surface area contributed by atoms with Gasteiger partial charge in [0.05, 0.1) is 7.11 Å². The van der Waals surface area contributed by atoms with E-state index in [2.05, 4.69) is 41.2 Å². The summed E-state index contributed by atoms with van der Waals surface area (Å²) in [5.41, 5.74) is 4.02. The topological polar surface area (TPSA) is 55.4 Å². The van der Waals surface area contributed by atoms with Gasteiger partial charge in [-0.15, -0.1) is 0 Å². The van der Waals surface area contributed by atoms with E-state index < -0.39 is 0 Å². The molecule has 1 N–H and O–H groups in total. The van der Waals surface area contributed by atoms with Crippen molar-refractivity contribution in [1.29, 1.82) is 0 Å². The lowest BCUT2D eigenvalue weighted by atomic mass is 9.72. The lowest BCUT2D eigenvalue weighted by Crippen LogP contribution is -2.32. The standard InChI is InChI=1S/C29H36BrNO3/c1-4-18(2)22-16-15-21(17-27(22)34-3)31-29(33)20-13-11-19(12-14-20)23-7-5-8-24-25(28(23)32)9-6-10-26(24)30/h6,9-10,15-20,23H,4-5,7-8,11-14H2,1-3H3,(H,31,33). The third-order valence-electron chi connectivity index (χ3n) is 8.02. The number of rotatable bonds is 6. The number of halogens is 1. The summed E-state index contributed by atoms with van der Waals surface area (Å²) in [6.07, 6.45) is 7.54. The molecule has 2 unspecified atom stereocenters. The van der Waals surface area contributed by atoms with Crippen molar-refractivity contribution in [3.63, 3.8) is 0 Å². The van der Waals surface area contributed by atoms with Gasteiger partial charge in [-0.3, -0.25) is 9.59 Å². The molecule has 5 heteroatoms. The van der Waals surface area contributed by atoms with E-state index in [0.717, 1.165) is 78.4 Å². The average molecular weight is 527 g/mol. The molecule has 0 aromatic heterocycles. The smallest absolute Gasteiger partial charge is 0.227 e. The van der Waals surface area contributed by atoms with Gasteiger partial charge in [-0.25, -0.2) is 0 Å². The molecule has 2 aliphatic carbocycles. The number of hydrogen-bond donors (Lipinski definition) is 1. The highest BCUT2D eigenvalue weighted by Crippen LogP contribution is 2.40. The Morgan fingerprint density at radius 1 is 1.15 bits per heavy atom. The zero-order chi connectivity index (χ0) is 24.2. The van der Waals surface area contributed by atoms with E-state index in [0.29, 0.717) is 17.6 Å². The third kappa shape index (κ3) is 5.25. The zero-order valence-corrected chi connectivity index (χ0v) is 22.1. The van der Waals surface area contributed by atoms with Crippen LogP contribution in [0.3, 0.4) is 0 Å². The molecule has 182 valence electrons. The van der Waals surface area contributed by atoms with Gasteiger partial charge in [0.25, 0.3) is 0 Å². The summed E-state index contributed by atoms with van der Waals surface area (Å²) >= 11 is 3.63. The predicted molar refractivity (Wildman–Crippen MR) is 141 cm³/mol. The normalized spacial score (nSPS) is 23.5. The van der Waals surface area contributed by atoms with Gasteiger partial charge in [0, 0.05) is 33.6 Å². The van der Waals surface area contributed by atoms with Crippen LogP contribution in [0.4, 0.5) is 5.69 Å². The van der Waals surface area contributed by atoms with Gasteiger partial charge in [0.2, 0.25) is 5.91 Å². The average Bonchev–Trinajstić information content (AvgIpc) is 3.03. The van der Waals surface area contributed by atoms with Gasteiger partial charge in [0.15, 0.2) is 5.78 Å². The van der Waals surface area contributed by atoms with Crippen LogP contribution < -0.4 is 10.1 Å². The van der Waals surface area contributed by atoms with Crippen LogP contribution >= 0.6 is 15.9 Å². The van der Waals surface area contributed by atoms with Crippen LogP contribution in [0.5, 0.6) is 5.75 Å². The fourth-order valence-corrected chi connectivity index (χ4v) is 6.33. The molecule has 4 nitrogen and oxygen atoms in total. The first-order valence-corrected chi connectivity index (χ1v) is 13.5. The predicted octanol–water partition coefficient (Wildman–Crippen LogP) is 7.55. The van der Waals surface area contributed by atoms with Crippen LogP contribution in [0.1, 0.15) is 86.2 Å². The number of hydrogen-bond acceptors (Lipinski definition) is 3. The number of ketones is 1. The van der Waals surface area contributed by atoms with E-state index in [9.17, 15) is 9.59 Å². The van der Waals surface area contributed by atoms with Crippen molar-refractivity contribution in [2.75, 3.05) is 12.4 Å².